The van der Waals surface area contributed by atoms with Gasteiger partial charge in [0.05, 0.1) is 13.5 Å². The maximum atomic E-state index is 13.2. The van der Waals surface area contributed by atoms with Crippen LogP contribution in [0.15, 0.2) is 42.5 Å². The fourth-order valence-electron chi connectivity index (χ4n) is 3.46. The van der Waals surface area contributed by atoms with Crippen molar-refractivity contribution >= 4 is 11.8 Å². The van der Waals surface area contributed by atoms with Crippen molar-refractivity contribution in [1.82, 2.24) is 10.2 Å². The number of nitrogens with one attached hydrogen (secondary N) is 1. The maximum absolute atomic E-state index is 13.2. The second-order valence-electron chi connectivity index (χ2n) is 7.08. The smallest absolute Gasteiger partial charge is 0.242 e. The van der Waals surface area contributed by atoms with E-state index in [1.165, 1.54) is 0 Å². The van der Waals surface area contributed by atoms with Crippen LogP contribution in [-0.2, 0) is 22.6 Å². The molecular formula is C23H30N2O3. The molecule has 0 fully saturated rings. The van der Waals surface area contributed by atoms with E-state index in [1.54, 1.807) is 19.1 Å². The second-order valence-corrected chi connectivity index (χ2v) is 7.08. The maximum Gasteiger partial charge on any atom is 0.242 e. The third-order valence-corrected chi connectivity index (χ3v) is 4.78. The molecule has 150 valence electrons. The number of aryl methyl sites for hydroxylation is 2. The quantitative estimate of drug-likeness (QED) is 0.761. The van der Waals surface area contributed by atoms with Gasteiger partial charge in [-0.05, 0) is 43.5 Å². The summed E-state index contributed by atoms with van der Waals surface area (Å²) in [5, 5.41) is 2.68. The Labute approximate surface area is 167 Å². The van der Waals surface area contributed by atoms with Crippen LogP contribution in [0.5, 0.6) is 5.75 Å². The van der Waals surface area contributed by atoms with E-state index in [0.717, 1.165) is 28.0 Å². The molecule has 0 bridgehead atoms. The highest BCUT2D eigenvalue weighted by Gasteiger charge is 2.28. The first-order valence-electron chi connectivity index (χ1n) is 9.59. The first kappa shape index (κ1) is 21.5. The number of nitrogens with zero attached hydrogens (tertiary/aromatic N) is 1. The van der Waals surface area contributed by atoms with Crippen molar-refractivity contribution in [3.63, 3.8) is 0 Å². The summed E-state index contributed by atoms with van der Waals surface area (Å²) in [4.78, 5) is 27.3. The minimum absolute atomic E-state index is 0.0590. The van der Waals surface area contributed by atoms with Gasteiger partial charge in [0.2, 0.25) is 11.8 Å². The molecule has 28 heavy (non-hydrogen) atoms. The Morgan fingerprint density at radius 1 is 1.04 bits per heavy atom. The standard InChI is InChI=1S/C23H30N2O3/c1-6-21(23(27)24-4)25(15-18-7-9-20(28-5)10-8-18)22(26)14-19-12-16(2)11-17(3)13-19/h7-13,21H,6,14-15H2,1-5H3,(H,24,27)/t21-/m0/s1. The SMILES string of the molecule is CC[C@@H](C(=O)NC)N(Cc1ccc(OC)cc1)C(=O)Cc1cc(C)cc(C)c1. The molecule has 2 amide bonds. The van der Waals surface area contributed by atoms with Gasteiger partial charge in [-0.3, -0.25) is 9.59 Å². The molecule has 2 rings (SSSR count). The van der Waals surface area contributed by atoms with Gasteiger partial charge in [-0.2, -0.15) is 0 Å². The van der Waals surface area contributed by atoms with Crippen LogP contribution in [0.3, 0.4) is 0 Å². The van der Waals surface area contributed by atoms with Gasteiger partial charge < -0.3 is 15.0 Å². The van der Waals surface area contributed by atoms with Crippen molar-refractivity contribution in [2.75, 3.05) is 14.2 Å². The van der Waals surface area contributed by atoms with Gasteiger partial charge in [0.15, 0.2) is 0 Å². The first-order chi connectivity index (χ1) is 13.4. The minimum atomic E-state index is -0.509. The molecule has 0 saturated heterocycles. The molecule has 2 aromatic rings. The number of likely N-dealkylation sites (N-methyl/N-ethyl adjacent to an activating group) is 1. The zero-order valence-electron chi connectivity index (χ0n) is 17.4. The molecule has 0 aliphatic rings. The van der Waals surface area contributed by atoms with Crippen molar-refractivity contribution in [1.29, 1.82) is 0 Å². The van der Waals surface area contributed by atoms with Gasteiger partial charge in [0, 0.05) is 13.6 Å². The lowest BCUT2D eigenvalue weighted by molar-refractivity contribution is -0.140. The minimum Gasteiger partial charge on any atom is -0.497 e. The van der Waals surface area contributed by atoms with Crippen molar-refractivity contribution in [2.45, 2.75) is 46.2 Å². The van der Waals surface area contributed by atoms with Gasteiger partial charge in [0.1, 0.15) is 11.8 Å². The molecule has 5 heteroatoms. The average Bonchev–Trinajstić information content (AvgIpc) is 2.67. The number of hydrogen-bond donors (Lipinski definition) is 1. The van der Waals surface area contributed by atoms with Crippen molar-refractivity contribution < 1.29 is 14.3 Å². The molecule has 2 aromatic carbocycles. The van der Waals surface area contributed by atoms with E-state index >= 15 is 0 Å². The Morgan fingerprint density at radius 3 is 2.14 bits per heavy atom. The third kappa shape index (κ3) is 5.59. The molecule has 0 aliphatic heterocycles. The van der Waals surface area contributed by atoms with Crippen molar-refractivity contribution in [3.05, 3.63) is 64.7 Å². The number of amides is 2. The summed E-state index contributed by atoms with van der Waals surface area (Å²) in [7, 11) is 3.22. The molecule has 0 unspecified atom stereocenters. The van der Waals surface area contributed by atoms with Gasteiger partial charge in [-0.1, -0.05) is 48.4 Å². The molecule has 1 atom stereocenters. The lowest BCUT2D eigenvalue weighted by atomic mass is 10.0. The monoisotopic (exact) mass is 382 g/mol. The van der Waals surface area contributed by atoms with Crippen LogP contribution in [0.1, 0.15) is 35.6 Å². The Balaban J connectivity index is 2.29. The predicted molar refractivity (Wildman–Crippen MR) is 111 cm³/mol. The van der Waals surface area contributed by atoms with E-state index in [9.17, 15) is 9.59 Å². The van der Waals surface area contributed by atoms with E-state index in [0.29, 0.717) is 13.0 Å². The zero-order chi connectivity index (χ0) is 20.7. The van der Waals surface area contributed by atoms with E-state index < -0.39 is 6.04 Å². The average molecular weight is 383 g/mol. The Bertz CT molecular complexity index is 795. The summed E-state index contributed by atoms with van der Waals surface area (Å²) >= 11 is 0. The summed E-state index contributed by atoms with van der Waals surface area (Å²) < 4.78 is 5.20. The fourth-order valence-corrected chi connectivity index (χ4v) is 3.46. The number of methoxy groups -OCH3 is 1. The van der Waals surface area contributed by atoms with Crippen molar-refractivity contribution in [2.24, 2.45) is 0 Å². The van der Waals surface area contributed by atoms with Crippen LogP contribution in [0.25, 0.3) is 0 Å². The zero-order valence-corrected chi connectivity index (χ0v) is 17.4. The van der Waals surface area contributed by atoms with Crippen molar-refractivity contribution in [3.8, 4) is 5.75 Å². The van der Waals surface area contributed by atoms with E-state index in [-0.39, 0.29) is 18.2 Å². The summed E-state index contributed by atoms with van der Waals surface area (Å²) in [6.07, 6.45) is 0.820. The van der Waals surface area contributed by atoms with E-state index in [2.05, 4.69) is 11.4 Å². The number of carbonyl (C=O) groups excluding carboxylic acids is 2. The van der Waals surface area contributed by atoms with Crippen LogP contribution in [0.4, 0.5) is 0 Å². The van der Waals surface area contributed by atoms with E-state index in [4.69, 9.17) is 4.74 Å². The largest absolute Gasteiger partial charge is 0.497 e. The van der Waals surface area contributed by atoms with Crippen LogP contribution in [0.2, 0.25) is 0 Å². The highest BCUT2D eigenvalue weighted by Crippen LogP contribution is 2.18. The van der Waals surface area contributed by atoms with E-state index in [1.807, 2.05) is 57.2 Å². The summed E-state index contributed by atoms with van der Waals surface area (Å²) in [5.41, 5.74) is 4.18. The highest BCUT2D eigenvalue weighted by molar-refractivity contribution is 5.88. The summed E-state index contributed by atoms with van der Waals surface area (Å²) in [6.45, 7) is 6.34. The number of hydrogen-bond acceptors (Lipinski definition) is 3. The number of ether oxygens (including phenoxy) is 1. The van der Waals surface area contributed by atoms with Crippen LogP contribution < -0.4 is 10.1 Å². The molecule has 0 radical (unpaired) electrons. The van der Waals surface area contributed by atoms with Gasteiger partial charge >= 0.3 is 0 Å². The fraction of sp³-hybridized carbons (Fsp3) is 0.391. The lowest BCUT2D eigenvalue weighted by Gasteiger charge is -2.30. The van der Waals surface area contributed by atoms with Crippen LogP contribution in [0, 0.1) is 13.8 Å². The Kier molecular flexibility index (Phi) is 7.61. The molecule has 0 aliphatic carbocycles. The number of benzene rings is 2. The van der Waals surface area contributed by atoms with Gasteiger partial charge in [0.25, 0.3) is 0 Å². The molecular weight excluding hydrogens is 352 g/mol. The number of rotatable bonds is 8. The first-order valence-corrected chi connectivity index (χ1v) is 9.59. The molecule has 0 heterocycles. The van der Waals surface area contributed by atoms with Crippen LogP contribution >= 0.6 is 0 Å². The normalized spacial score (nSPS) is 11.6. The second kappa shape index (κ2) is 9.93. The molecule has 0 saturated carbocycles. The van der Waals surface area contributed by atoms with Crippen LogP contribution in [-0.4, -0.2) is 36.9 Å². The molecule has 1 N–H and O–H groups in total. The topological polar surface area (TPSA) is 58.6 Å². The molecule has 0 spiro atoms. The van der Waals surface area contributed by atoms with Gasteiger partial charge in [-0.15, -0.1) is 0 Å². The summed E-state index contributed by atoms with van der Waals surface area (Å²) in [5.74, 6) is 0.552. The Morgan fingerprint density at radius 2 is 1.64 bits per heavy atom. The molecule has 5 nitrogen and oxygen atoms in total. The van der Waals surface area contributed by atoms with Gasteiger partial charge in [-0.25, -0.2) is 0 Å². The Hall–Kier alpha value is -2.82. The lowest BCUT2D eigenvalue weighted by Crippen LogP contribution is -2.48. The summed E-state index contributed by atoms with van der Waals surface area (Å²) in [6, 6.07) is 13.2. The highest BCUT2D eigenvalue weighted by atomic mass is 16.5. The predicted octanol–water partition coefficient (Wildman–Crippen LogP) is 3.41. The number of carbonyl (C=O) groups is 2. The third-order valence-electron chi connectivity index (χ3n) is 4.78. The molecule has 0 aromatic heterocycles.